The molecule has 0 spiro atoms. The van der Waals surface area contributed by atoms with Crippen LogP contribution in [0, 0.1) is 5.41 Å². The third-order valence-electron chi connectivity index (χ3n) is 6.50. The molecule has 0 aromatic carbocycles. The Balaban J connectivity index is 1.96. The van der Waals surface area contributed by atoms with Crippen molar-refractivity contribution in [3.05, 3.63) is 71.4 Å². The summed E-state index contributed by atoms with van der Waals surface area (Å²) in [4.78, 5) is 23.2. The average Bonchev–Trinajstić information content (AvgIpc) is 3.28. The number of rotatable bonds is 9. The maximum Gasteiger partial charge on any atom is 0.161 e. The van der Waals surface area contributed by atoms with Crippen molar-refractivity contribution in [2.75, 3.05) is 0 Å². The molecule has 31 heavy (non-hydrogen) atoms. The van der Waals surface area contributed by atoms with Gasteiger partial charge in [-0.15, -0.1) is 0 Å². The van der Waals surface area contributed by atoms with E-state index in [4.69, 9.17) is 4.74 Å². The van der Waals surface area contributed by atoms with Gasteiger partial charge < -0.3 is 9.84 Å². The zero-order valence-electron chi connectivity index (χ0n) is 19.6. The molecule has 1 saturated heterocycles. The number of epoxide rings is 1. The van der Waals surface area contributed by atoms with E-state index in [0.29, 0.717) is 24.8 Å². The van der Waals surface area contributed by atoms with Crippen LogP contribution in [-0.4, -0.2) is 34.5 Å². The zero-order chi connectivity index (χ0) is 23.3. The predicted molar refractivity (Wildman–Crippen MR) is 126 cm³/mol. The van der Waals surface area contributed by atoms with E-state index >= 15 is 0 Å². The van der Waals surface area contributed by atoms with Crippen molar-refractivity contribution in [2.45, 2.75) is 78.1 Å². The molecule has 2 rings (SSSR count). The summed E-state index contributed by atoms with van der Waals surface area (Å²) in [6.45, 7) is 11.9. The van der Waals surface area contributed by atoms with Gasteiger partial charge >= 0.3 is 0 Å². The molecule has 1 heterocycles. The molecule has 168 valence electrons. The average molecular weight is 425 g/mol. The lowest BCUT2D eigenvalue weighted by Crippen LogP contribution is -2.48. The van der Waals surface area contributed by atoms with Crippen molar-refractivity contribution >= 4 is 12.1 Å². The van der Waals surface area contributed by atoms with Gasteiger partial charge in [0.25, 0.3) is 0 Å². The lowest BCUT2D eigenvalue weighted by atomic mass is 9.61. The minimum atomic E-state index is -0.484. The highest BCUT2D eigenvalue weighted by Gasteiger charge is 2.76. The fraction of sp³-hybridized carbons (Fsp3) is 0.481. The largest absolute Gasteiger partial charge is 0.393 e. The number of Topliss-reactive ketones (excluding diaryl/α,β-unsaturated/α-hetero) is 1. The lowest BCUT2D eigenvalue weighted by Gasteiger charge is -2.40. The highest BCUT2D eigenvalue weighted by atomic mass is 16.6. The predicted octanol–water partition coefficient (Wildman–Crippen LogP) is 5.36. The van der Waals surface area contributed by atoms with E-state index < -0.39 is 11.2 Å². The number of aliphatic hydroxyl groups is 1. The first-order valence-electron chi connectivity index (χ1n) is 10.9. The number of ketones is 1. The van der Waals surface area contributed by atoms with Gasteiger partial charge in [0.2, 0.25) is 0 Å². The molecule has 1 saturated carbocycles. The molecule has 3 atom stereocenters. The van der Waals surface area contributed by atoms with Crippen molar-refractivity contribution < 1.29 is 19.4 Å². The van der Waals surface area contributed by atoms with Crippen LogP contribution in [0.25, 0.3) is 0 Å². The number of carbonyl (C=O) groups is 2. The van der Waals surface area contributed by atoms with Gasteiger partial charge in [-0.3, -0.25) is 9.59 Å². The number of aldehydes is 1. The van der Waals surface area contributed by atoms with Crippen molar-refractivity contribution in [3.63, 3.8) is 0 Å². The van der Waals surface area contributed by atoms with Crippen LogP contribution >= 0.6 is 0 Å². The summed E-state index contributed by atoms with van der Waals surface area (Å²) in [6.07, 6.45) is 18.6. The van der Waals surface area contributed by atoms with E-state index in [2.05, 4.69) is 13.8 Å². The van der Waals surface area contributed by atoms with Gasteiger partial charge in [0.1, 0.15) is 11.9 Å². The Bertz CT molecular complexity index is 881. The third-order valence-corrected chi connectivity index (χ3v) is 6.50. The van der Waals surface area contributed by atoms with Crippen LogP contribution in [-0.2, 0) is 14.3 Å². The summed E-state index contributed by atoms with van der Waals surface area (Å²) in [5.74, 6) is 0.0864. The molecule has 0 bridgehead atoms. The van der Waals surface area contributed by atoms with Crippen molar-refractivity contribution in [2.24, 2.45) is 5.41 Å². The Morgan fingerprint density at radius 3 is 2.06 bits per heavy atom. The van der Waals surface area contributed by atoms with Gasteiger partial charge in [-0.05, 0) is 51.2 Å². The molecule has 0 unspecified atom stereocenters. The van der Waals surface area contributed by atoms with E-state index in [1.54, 1.807) is 6.08 Å². The molecule has 0 amide bonds. The summed E-state index contributed by atoms with van der Waals surface area (Å²) in [6, 6.07) is 0. The number of ether oxygens (including phenoxy) is 1. The lowest BCUT2D eigenvalue weighted by molar-refractivity contribution is -0.118. The standard InChI is InChI=1S/C27H36O4/c1-20(11-7-8-12-21(2)14-10-16-28)13-9-15-22(3)24(30)19-27-25(4,5)17-23(29)18-26(27,6)31-27/h7-16,23,29H,17-19H2,1-6H3/b8-7+,13-9+,14-10+,20-11+,21-12+,22-15+/t23-,26+,27-/m0/s1. The molecule has 2 aliphatic rings. The summed E-state index contributed by atoms with van der Waals surface area (Å²) in [7, 11) is 0. The number of allylic oxidation sites excluding steroid dienone is 12. The Kier molecular flexibility index (Phi) is 7.96. The van der Waals surface area contributed by atoms with Crippen molar-refractivity contribution in [1.82, 2.24) is 0 Å². The van der Waals surface area contributed by atoms with Crippen LogP contribution in [0.15, 0.2) is 71.4 Å². The van der Waals surface area contributed by atoms with Gasteiger partial charge in [-0.25, -0.2) is 0 Å². The van der Waals surface area contributed by atoms with Gasteiger partial charge in [0.15, 0.2) is 5.78 Å². The third kappa shape index (κ3) is 5.90. The topological polar surface area (TPSA) is 66.9 Å². The van der Waals surface area contributed by atoms with E-state index in [-0.39, 0.29) is 17.3 Å². The Morgan fingerprint density at radius 2 is 1.52 bits per heavy atom. The number of aliphatic hydroxyl groups excluding tert-OH is 1. The molecule has 1 aliphatic heterocycles. The monoisotopic (exact) mass is 424 g/mol. The van der Waals surface area contributed by atoms with E-state index in [9.17, 15) is 14.7 Å². The van der Waals surface area contributed by atoms with Crippen LogP contribution in [0.1, 0.15) is 60.8 Å². The maximum atomic E-state index is 12.9. The van der Waals surface area contributed by atoms with E-state index in [1.807, 2.05) is 70.2 Å². The van der Waals surface area contributed by atoms with Crippen LogP contribution in [0.2, 0.25) is 0 Å². The Morgan fingerprint density at radius 1 is 0.935 bits per heavy atom. The Hall–Kier alpha value is -2.30. The Labute approximate surface area is 186 Å². The first kappa shape index (κ1) is 25.0. The summed E-state index contributed by atoms with van der Waals surface area (Å²) < 4.78 is 6.13. The first-order chi connectivity index (χ1) is 14.5. The summed E-state index contributed by atoms with van der Waals surface area (Å²) in [5, 5.41) is 10.2. The number of hydrogen-bond acceptors (Lipinski definition) is 4. The van der Waals surface area contributed by atoms with Crippen LogP contribution in [0.4, 0.5) is 0 Å². The van der Waals surface area contributed by atoms with Crippen molar-refractivity contribution in [1.29, 1.82) is 0 Å². The van der Waals surface area contributed by atoms with Crippen LogP contribution < -0.4 is 0 Å². The number of hydrogen-bond donors (Lipinski definition) is 1. The van der Waals surface area contributed by atoms with Crippen LogP contribution in [0.5, 0.6) is 0 Å². The molecule has 4 nitrogen and oxygen atoms in total. The highest BCUT2D eigenvalue weighted by molar-refractivity contribution is 5.96. The SMILES string of the molecule is CC(/C=C/C=O)=C\C=C\C=C(C)\C=C\C=C(/C)C(=O)C[C@@]12O[C@]1(C)C[C@@H](O)CC2(C)C. The first-order valence-corrected chi connectivity index (χ1v) is 10.9. The van der Waals surface area contributed by atoms with Gasteiger partial charge in [0, 0.05) is 12.8 Å². The molecule has 0 aromatic rings. The highest BCUT2D eigenvalue weighted by Crippen LogP contribution is 2.67. The molecular formula is C27H36O4. The molecule has 1 N–H and O–H groups in total. The maximum absolute atomic E-state index is 12.9. The molecule has 2 fully saturated rings. The molecule has 0 radical (unpaired) electrons. The number of carbonyl (C=O) groups excluding carboxylic acids is 2. The quantitative estimate of drug-likeness (QED) is 0.234. The second kappa shape index (κ2) is 9.88. The van der Waals surface area contributed by atoms with Crippen LogP contribution in [0.3, 0.4) is 0 Å². The second-order valence-corrected chi connectivity index (χ2v) is 9.62. The zero-order valence-corrected chi connectivity index (χ0v) is 19.6. The van der Waals surface area contributed by atoms with Gasteiger partial charge in [-0.1, -0.05) is 73.6 Å². The second-order valence-electron chi connectivity index (χ2n) is 9.62. The molecule has 0 aromatic heterocycles. The minimum absolute atomic E-state index is 0.0864. The molecular weight excluding hydrogens is 388 g/mol. The fourth-order valence-corrected chi connectivity index (χ4v) is 4.68. The summed E-state index contributed by atoms with van der Waals surface area (Å²) in [5.41, 5.74) is 1.61. The van der Waals surface area contributed by atoms with E-state index in [0.717, 1.165) is 17.4 Å². The smallest absolute Gasteiger partial charge is 0.161 e. The number of fused-ring (bicyclic) bond motifs is 1. The van der Waals surface area contributed by atoms with Gasteiger partial charge in [0.05, 0.1) is 11.7 Å². The van der Waals surface area contributed by atoms with Gasteiger partial charge in [-0.2, -0.15) is 0 Å². The summed E-state index contributed by atoms with van der Waals surface area (Å²) >= 11 is 0. The normalized spacial score (nSPS) is 31.5. The minimum Gasteiger partial charge on any atom is -0.393 e. The molecule has 4 heteroatoms. The van der Waals surface area contributed by atoms with Crippen molar-refractivity contribution in [3.8, 4) is 0 Å². The van der Waals surface area contributed by atoms with E-state index in [1.165, 1.54) is 6.08 Å². The fourth-order valence-electron chi connectivity index (χ4n) is 4.68. The molecule has 1 aliphatic carbocycles.